The van der Waals surface area contributed by atoms with E-state index in [0.29, 0.717) is 26.4 Å². The number of nitrogens with zero attached hydrogens (tertiary/aromatic N) is 1. The fraction of sp³-hybridized carbons (Fsp3) is 0.480. The van der Waals surface area contributed by atoms with Gasteiger partial charge in [0.25, 0.3) is 11.7 Å². The van der Waals surface area contributed by atoms with Crippen LogP contribution in [0.3, 0.4) is 0 Å². The maximum atomic E-state index is 13.5. The van der Waals surface area contributed by atoms with Crippen molar-refractivity contribution in [2.24, 2.45) is 0 Å². The number of anilines is 1. The van der Waals surface area contributed by atoms with Gasteiger partial charge in [-0.15, -0.1) is 0 Å². The molecule has 1 amide bonds. The Morgan fingerprint density at radius 3 is 2.57 bits per heavy atom. The average Bonchev–Trinajstić information content (AvgIpc) is 3.35. The van der Waals surface area contributed by atoms with Gasteiger partial charge in [-0.2, -0.15) is 0 Å². The second-order valence-electron chi connectivity index (χ2n) is 7.97. The molecule has 160 valence electrons. The van der Waals surface area contributed by atoms with Gasteiger partial charge < -0.3 is 19.1 Å². The van der Waals surface area contributed by atoms with Gasteiger partial charge in [0.2, 0.25) is 0 Å². The summed E-state index contributed by atoms with van der Waals surface area (Å²) in [5.41, 5.74) is 3.90. The molecule has 0 N–H and O–H groups in total. The lowest BCUT2D eigenvalue weighted by Crippen LogP contribution is -2.41. The van der Waals surface area contributed by atoms with Gasteiger partial charge in [0, 0.05) is 11.1 Å². The fourth-order valence-electron chi connectivity index (χ4n) is 4.14. The van der Waals surface area contributed by atoms with E-state index in [-0.39, 0.29) is 5.91 Å². The lowest BCUT2D eigenvalue weighted by Gasteiger charge is -2.23. The van der Waals surface area contributed by atoms with Gasteiger partial charge in [-0.3, -0.25) is 4.79 Å². The van der Waals surface area contributed by atoms with Gasteiger partial charge in [-0.05, 0) is 43.0 Å². The van der Waals surface area contributed by atoms with Crippen molar-refractivity contribution in [2.45, 2.75) is 58.3 Å². The first-order valence-corrected chi connectivity index (χ1v) is 11.1. The number of benzene rings is 2. The van der Waals surface area contributed by atoms with Crippen molar-refractivity contribution in [1.82, 2.24) is 0 Å². The normalized spacial score (nSPS) is 17.0. The summed E-state index contributed by atoms with van der Waals surface area (Å²) in [5, 5.41) is 0. The third-order valence-electron chi connectivity index (χ3n) is 5.80. The molecular formula is C25H31NO4. The lowest BCUT2D eigenvalue weighted by molar-refractivity contribution is -0.180. The summed E-state index contributed by atoms with van der Waals surface area (Å²) in [7, 11) is 0. The van der Waals surface area contributed by atoms with Crippen molar-refractivity contribution < 1.29 is 19.0 Å². The first kappa shape index (κ1) is 20.9. The average molecular weight is 410 g/mol. The second-order valence-corrected chi connectivity index (χ2v) is 7.97. The Bertz CT molecular complexity index is 888. The maximum absolute atomic E-state index is 13.5. The number of rotatable bonds is 9. The molecule has 0 aromatic heterocycles. The molecule has 0 aliphatic carbocycles. The van der Waals surface area contributed by atoms with Gasteiger partial charge in [0.05, 0.1) is 32.1 Å². The highest BCUT2D eigenvalue weighted by Gasteiger charge is 2.56. The molecule has 5 heteroatoms. The zero-order valence-electron chi connectivity index (χ0n) is 18.0. The van der Waals surface area contributed by atoms with Crippen LogP contribution in [0.2, 0.25) is 0 Å². The van der Waals surface area contributed by atoms with Crippen LogP contribution in [-0.4, -0.2) is 25.7 Å². The minimum absolute atomic E-state index is 0.147. The van der Waals surface area contributed by atoms with Crippen LogP contribution < -0.4 is 9.64 Å². The highest BCUT2D eigenvalue weighted by molar-refractivity contribution is 6.06. The number of amides is 1. The number of aryl methyl sites for hydroxylation is 1. The highest BCUT2D eigenvalue weighted by atomic mass is 16.7. The minimum atomic E-state index is -1.30. The van der Waals surface area contributed by atoms with E-state index in [1.807, 2.05) is 30.3 Å². The molecule has 1 fully saturated rings. The van der Waals surface area contributed by atoms with Crippen LogP contribution in [0.1, 0.15) is 56.2 Å². The molecule has 2 aromatic rings. The van der Waals surface area contributed by atoms with Crippen LogP contribution in [0.25, 0.3) is 0 Å². The molecule has 2 aromatic carbocycles. The Labute approximate surface area is 178 Å². The molecule has 2 heterocycles. The van der Waals surface area contributed by atoms with Crippen LogP contribution in [-0.2, 0) is 33.0 Å². The summed E-state index contributed by atoms with van der Waals surface area (Å²) >= 11 is 0. The van der Waals surface area contributed by atoms with E-state index in [4.69, 9.17) is 14.2 Å². The third kappa shape index (κ3) is 3.84. The smallest absolute Gasteiger partial charge is 0.292 e. The van der Waals surface area contributed by atoms with E-state index in [9.17, 15) is 4.79 Å². The van der Waals surface area contributed by atoms with E-state index >= 15 is 0 Å². The number of carbonyl (C=O) groups excluding carboxylic acids is 1. The molecular weight excluding hydrogens is 378 g/mol. The number of unbranched alkanes of at least 4 members (excludes halogenated alkanes) is 2. The summed E-state index contributed by atoms with van der Waals surface area (Å²) in [5.74, 6) is -0.615. The molecule has 0 radical (unpaired) electrons. The Balaban J connectivity index is 1.65. The Kier molecular flexibility index (Phi) is 6.40. The predicted octanol–water partition coefficient (Wildman–Crippen LogP) is 4.95. The van der Waals surface area contributed by atoms with E-state index in [2.05, 4.69) is 26.0 Å². The Morgan fingerprint density at radius 2 is 1.80 bits per heavy atom. The zero-order chi connectivity index (χ0) is 21.0. The molecule has 0 saturated carbocycles. The van der Waals surface area contributed by atoms with Gasteiger partial charge in [-0.1, -0.05) is 51.0 Å². The van der Waals surface area contributed by atoms with E-state index in [1.54, 1.807) is 4.90 Å². The highest BCUT2D eigenvalue weighted by Crippen LogP contribution is 2.47. The first-order chi connectivity index (χ1) is 14.7. The number of hydrogen-bond acceptors (Lipinski definition) is 4. The Hall–Kier alpha value is -2.37. The number of fused-ring (bicyclic) bond motifs is 2. The SMILES string of the molecule is CCCCOc1ccccc1CN1C(=O)C2(OCCO2)c2cc(CCCC)ccc21. The van der Waals surface area contributed by atoms with E-state index in [1.165, 1.54) is 5.56 Å². The van der Waals surface area contributed by atoms with Crippen LogP contribution in [0.15, 0.2) is 42.5 Å². The maximum Gasteiger partial charge on any atom is 0.292 e. The molecule has 4 rings (SSSR count). The van der Waals surface area contributed by atoms with Gasteiger partial charge in [0.1, 0.15) is 5.75 Å². The number of ether oxygens (including phenoxy) is 3. The number of carbonyl (C=O) groups is 1. The standard InChI is InChI=1S/C25H31NO4/c1-3-5-9-19-12-13-22-21(17-19)25(29-15-16-30-25)24(27)26(22)18-20-10-7-8-11-23(20)28-14-6-4-2/h7-8,10-13,17H,3-6,9,14-16,18H2,1-2H3. The Morgan fingerprint density at radius 1 is 1.03 bits per heavy atom. The van der Waals surface area contributed by atoms with Crippen LogP contribution in [0.5, 0.6) is 5.75 Å². The van der Waals surface area contributed by atoms with Gasteiger partial charge in [0.15, 0.2) is 0 Å². The van der Waals surface area contributed by atoms with Crippen molar-refractivity contribution in [1.29, 1.82) is 0 Å². The number of hydrogen-bond donors (Lipinski definition) is 0. The molecule has 2 aliphatic heterocycles. The van der Waals surface area contributed by atoms with Crippen molar-refractivity contribution in [3.8, 4) is 5.75 Å². The molecule has 0 unspecified atom stereocenters. The molecule has 2 aliphatic rings. The molecule has 0 atom stereocenters. The topological polar surface area (TPSA) is 48.0 Å². The summed E-state index contributed by atoms with van der Waals surface area (Å²) in [6, 6.07) is 14.2. The third-order valence-corrected chi connectivity index (χ3v) is 5.80. The summed E-state index contributed by atoms with van der Waals surface area (Å²) in [4.78, 5) is 15.3. The van der Waals surface area contributed by atoms with Crippen LogP contribution >= 0.6 is 0 Å². The quantitative estimate of drug-likeness (QED) is 0.550. The predicted molar refractivity (Wildman–Crippen MR) is 117 cm³/mol. The zero-order valence-corrected chi connectivity index (χ0v) is 18.0. The molecule has 1 spiro atoms. The van der Waals surface area contributed by atoms with Crippen molar-refractivity contribution in [2.75, 3.05) is 24.7 Å². The first-order valence-electron chi connectivity index (χ1n) is 11.1. The van der Waals surface area contributed by atoms with Gasteiger partial charge in [-0.25, -0.2) is 0 Å². The van der Waals surface area contributed by atoms with Crippen LogP contribution in [0, 0.1) is 0 Å². The van der Waals surface area contributed by atoms with E-state index < -0.39 is 5.79 Å². The monoisotopic (exact) mass is 409 g/mol. The summed E-state index contributed by atoms with van der Waals surface area (Å²) in [6.45, 7) is 6.28. The molecule has 30 heavy (non-hydrogen) atoms. The van der Waals surface area contributed by atoms with E-state index in [0.717, 1.165) is 54.7 Å². The molecule has 0 bridgehead atoms. The minimum Gasteiger partial charge on any atom is -0.493 e. The van der Waals surface area contributed by atoms with Crippen molar-refractivity contribution in [3.63, 3.8) is 0 Å². The van der Waals surface area contributed by atoms with Gasteiger partial charge >= 0.3 is 0 Å². The van der Waals surface area contributed by atoms with Crippen molar-refractivity contribution >= 4 is 11.6 Å². The van der Waals surface area contributed by atoms with Crippen LogP contribution in [0.4, 0.5) is 5.69 Å². The summed E-state index contributed by atoms with van der Waals surface area (Å²) in [6.07, 6.45) is 5.33. The molecule has 1 saturated heterocycles. The van der Waals surface area contributed by atoms with Crippen molar-refractivity contribution in [3.05, 3.63) is 59.2 Å². The molecule has 5 nitrogen and oxygen atoms in total. The lowest BCUT2D eigenvalue weighted by atomic mass is 10.0. The summed E-state index contributed by atoms with van der Waals surface area (Å²) < 4.78 is 17.9. The number of para-hydroxylation sites is 1. The second kappa shape index (κ2) is 9.19. The largest absolute Gasteiger partial charge is 0.493 e. The fourth-order valence-corrected chi connectivity index (χ4v) is 4.14.